The fraction of sp³-hybridized carbons (Fsp3) is 0.300. The summed E-state index contributed by atoms with van der Waals surface area (Å²) in [6.45, 7) is 3.96. The summed E-state index contributed by atoms with van der Waals surface area (Å²) < 4.78 is 0. The topological polar surface area (TPSA) is 66.4 Å². The van der Waals surface area contributed by atoms with Gasteiger partial charge in [0.05, 0.1) is 5.75 Å². The lowest BCUT2D eigenvalue weighted by Gasteiger charge is -2.13. The van der Waals surface area contributed by atoms with Crippen molar-refractivity contribution in [3.8, 4) is 0 Å². The van der Waals surface area contributed by atoms with E-state index in [1.807, 2.05) is 38.1 Å². The molecule has 0 aliphatic heterocycles. The van der Waals surface area contributed by atoms with Crippen molar-refractivity contribution < 1.29 is 14.7 Å². The summed E-state index contributed by atoms with van der Waals surface area (Å²) in [6, 6.07) is 15.8. The Kier molecular flexibility index (Phi) is 7.07. The third-order valence-electron chi connectivity index (χ3n) is 3.80. The second-order valence-corrected chi connectivity index (χ2v) is 7.15. The number of carboxylic acids is 1. The zero-order chi connectivity index (χ0) is 18.2. The Balaban J connectivity index is 1.90. The number of aryl methyl sites for hydroxylation is 1. The Morgan fingerprint density at radius 3 is 2.52 bits per heavy atom. The Morgan fingerprint density at radius 1 is 1.12 bits per heavy atom. The average molecular weight is 357 g/mol. The van der Waals surface area contributed by atoms with Gasteiger partial charge in [-0.15, -0.1) is 11.8 Å². The van der Waals surface area contributed by atoms with Gasteiger partial charge < -0.3 is 10.4 Å². The van der Waals surface area contributed by atoms with Crippen molar-refractivity contribution >= 4 is 29.3 Å². The van der Waals surface area contributed by atoms with Crippen LogP contribution < -0.4 is 5.32 Å². The SMILES string of the molecule is Cc1ccc(CC(C)C(=O)Nc2cccc(CSCC(=O)O)c2)cc1. The fourth-order valence-electron chi connectivity index (χ4n) is 2.43. The minimum absolute atomic E-state index is 0.0177. The van der Waals surface area contributed by atoms with Gasteiger partial charge in [-0.1, -0.05) is 48.9 Å². The number of carbonyl (C=O) groups is 2. The highest BCUT2D eigenvalue weighted by Crippen LogP contribution is 2.18. The maximum atomic E-state index is 12.4. The molecule has 25 heavy (non-hydrogen) atoms. The van der Waals surface area contributed by atoms with Gasteiger partial charge in [0, 0.05) is 17.4 Å². The summed E-state index contributed by atoms with van der Waals surface area (Å²) in [5.41, 5.74) is 4.09. The largest absolute Gasteiger partial charge is 0.481 e. The second kappa shape index (κ2) is 9.28. The molecular formula is C20H23NO3S. The second-order valence-electron chi connectivity index (χ2n) is 6.17. The highest BCUT2D eigenvalue weighted by atomic mass is 32.2. The zero-order valence-electron chi connectivity index (χ0n) is 14.5. The number of aliphatic carboxylic acids is 1. The van der Waals surface area contributed by atoms with Crippen molar-refractivity contribution in [3.05, 3.63) is 65.2 Å². The van der Waals surface area contributed by atoms with Crippen LogP contribution in [0.3, 0.4) is 0 Å². The maximum absolute atomic E-state index is 12.4. The number of nitrogens with one attached hydrogen (secondary N) is 1. The van der Waals surface area contributed by atoms with E-state index < -0.39 is 5.97 Å². The third kappa shape index (κ3) is 6.63. The number of amides is 1. The highest BCUT2D eigenvalue weighted by molar-refractivity contribution is 7.99. The molecule has 2 N–H and O–H groups in total. The van der Waals surface area contributed by atoms with Crippen molar-refractivity contribution in [1.82, 2.24) is 0 Å². The molecular weight excluding hydrogens is 334 g/mol. The molecule has 5 heteroatoms. The first-order valence-corrected chi connectivity index (χ1v) is 9.34. The van der Waals surface area contributed by atoms with Crippen LogP contribution in [0.2, 0.25) is 0 Å². The van der Waals surface area contributed by atoms with Crippen molar-refractivity contribution in [3.63, 3.8) is 0 Å². The fourth-order valence-corrected chi connectivity index (χ4v) is 3.12. The van der Waals surface area contributed by atoms with Crippen LogP contribution in [0.15, 0.2) is 48.5 Å². The van der Waals surface area contributed by atoms with E-state index in [0.717, 1.165) is 16.8 Å². The van der Waals surface area contributed by atoms with Gasteiger partial charge in [0.1, 0.15) is 0 Å². The van der Waals surface area contributed by atoms with E-state index in [1.165, 1.54) is 17.3 Å². The quantitative estimate of drug-likeness (QED) is 0.745. The van der Waals surface area contributed by atoms with Gasteiger partial charge >= 0.3 is 5.97 Å². The molecule has 1 amide bonds. The van der Waals surface area contributed by atoms with Crippen LogP contribution in [-0.4, -0.2) is 22.7 Å². The number of rotatable bonds is 8. The number of benzene rings is 2. The van der Waals surface area contributed by atoms with Gasteiger partial charge in [0.2, 0.25) is 5.91 Å². The van der Waals surface area contributed by atoms with Crippen LogP contribution in [0.25, 0.3) is 0 Å². The molecule has 0 aliphatic carbocycles. The van der Waals surface area contributed by atoms with Crippen molar-refractivity contribution in [1.29, 1.82) is 0 Å². The van der Waals surface area contributed by atoms with Gasteiger partial charge in [-0.3, -0.25) is 9.59 Å². The van der Waals surface area contributed by atoms with Crippen molar-refractivity contribution in [2.24, 2.45) is 5.92 Å². The first-order valence-electron chi connectivity index (χ1n) is 8.19. The van der Waals surface area contributed by atoms with Gasteiger partial charge in [0.25, 0.3) is 0 Å². The predicted octanol–water partition coefficient (Wildman–Crippen LogP) is 4.13. The van der Waals surface area contributed by atoms with Crippen LogP contribution >= 0.6 is 11.8 Å². The molecule has 132 valence electrons. The van der Waals surface area contributed by atoms with Crippen molar-refractivity contribution in [2.45, 2.75) is 26.0 Å². The van der Waals surface area contributed by atoms with Crippen LogP contribution in [0.4, 0.5) is 5.69 Å². The number of carbonyl (C=O) groups excluding carboxylic acids is 1. The van der Waals surface area contributed by atoms with Gasteiger partial charge in [0.15, 0.2) is 0 Å². The van der Waals surface area contributed by atoms with Gasteiger partial charge in [-0.25, -0.2) is 0 Å². The number of carboxylic acid groups (broad SMARTS) is 1. The van der Waals surface area contributed by atoms with E-state index in [9.17, 15) is 9.59 Å². The van der Waals surface area contributed by atoms with Crippen LogP contribution in [0, 0.1) is 12.8 Å². The number of hydrogen-bond acceptors (Lipinski definition) is 3. The van der Waals surface area contributed by atoms with E-state index in [0.29, 0.717) is 12.2 Å². The summed E-state index contributed by atoms with van der Waals surface area (Å²) in [4.78, 5) is 23.0. The minimum atomic E-state index is -0.820. The third-order valence-corrected chi connectivity index (χ3v) is 4.79. The molecule has 0 saturated heterocycles. The monoisotopic (exact) mass is 357 g/mol. The number of anilines is 1. The van der Waals surface area contributed by atoms with Gasteiger partial charge in [-0.05, 0) is 36.6 Å². The summed E-state index contributed by atoms with van der Waals surface area (Å²) >= 11 is 1.34. The first-order chi connectivity index (χ1) is 11.9. The zero-order valence-corrected chi connectivity index (χ0v) is 15.3. The lowest BCUT2D eigenvalue weighted by Crippen LogP contribution is -2.22. The highest BCUT2D eigenvalue weighted by Gasteiger charge is 2.14. The van der Waals surface area contributed by atoms with Gasteiger partial charge in [-0.2, -0.15) is 0 Å². The van der Waals surface area contributed by atoms with E-state index >= 15 is 0 Å². The minimum Gasteiger partial charge on any atom is -0.481 e. The molecule has 1 atom stereocenters. The molecule has 0 bridgehead atoms. The summed E-state index contributed by atoms with van der Waals surface area (Å²) in [5, 5.41) is 11.6. The molecule has 0 spiro atoms. The lowest BCUT2D eigenvalue weighted by molar-refractivity contribution is -0.133. The molecule has 1 unspecified atom stereocenters. The molecule has 0 fully saturated rings. The average Bonchev–Trinajstić information content (AvgIpc) is 2.57. The molecule has 0 aliphatic rings. The lowest BCUT2D eigenvalue weighted by atomic mass is 9.99. The Hall–Kier alpha value is -2.27. The van der Waals surface area contributed by atoms with E-state index in [-0.39, 0.29) is 17.6 Å². The molecule has 2 aromatic rings. The van der Waals surface area contributed by atoms with Crippen molar-refractivity contribution in [2.75, 3.05) is 11.1 Å². The molecule has 2 rings (SSSR count). The van der Waals surface area contributed by atoms with E-state index in [1.54, 1.807) is 0 Å². The maximum Gasteiger partial charge on any atom is 0.313 e. The molecule has 0 heterocycles. The van der Waals surface area contributed by atoms with E-state index in [4.69, 9.17) is 5.11 Å². The Labute approximate surface area is 152 Å². The van der Waals surface area contributed by atoms with Crippen LogP contribution in [0.5, 0.6) is 0 Å². The number of thioether (sulfide) groups is 1. The summed E-state index contributed by atoms with van der Waals surface area (Å²) in [7, 11) is 0. The van der Waals surface area contributed by atoms with Crippen LogP contribution in [0.1, 0.15) is 23.6 Å². The molecule has 0 radical (unpaired) electrons. The summed E-state index contributed by atoms with van der Waals surface area (Å²) in [5.74, 6) is -0.290. The Bertz CT molecular complexity index is 728. The molecule has 2 aromatic carbocycles. The smallest absolute Gasteiger partial charge is 0.313 e. The normalized spacial score (nSPS) is 11.8. The first kappa shape index (κ1) is 19.1. The van der Waals surface area contributed by atoms with E-state index in [2.05, 4.69) is 29.6 Å². The Morgan fingerprint density at radius 2 is 1.84 bits per heavy atom. The number of hydrogen-bond donors (Lipinski definition) is 2. The van der Waals surface area contributed by atoms with Crippen LogP contribution in [-0.2, 0) is 21.8 Å². The molecule has 0 aromatic heterocycles. The molecule has 0 saturated carbocycles. The molecule has 4 nitrogen and oxygen atoms in total. The standard InChI is InChI=1S/C20H23NO3S/c1-14-6-8-16(9-7-14)10-15(2)20(24)21-18-5-3-4-17(11-18)12-25-13-19(22)23/h3-9,11,15H,10,12-13H2,1-2H3,(H,21,24)(H,22,23). The summed E-state index contributed by atoms with van der Waals surface area (Å²) in [6.07, 6.45) is 0.695. The predicted molar refractivity (Wildman–Crippen MR) is 103 cm³/mol.